The lowest BCUT2D eigenvalue weighted by Gasteiger charge is -2.07. The average molecular weight is 343 g/mol. The summed E-state index contributed by atoms with van der Waals surface area (Å²) in [6.07, 6.45) is 0. The number of benzene rings is 1. The Bertz CT molecular complexity index is 587. The summed E-state index contributed by atoms with van der Waals surface area (Å²) in [6.45, 7) is -1.28. The number of esters is 2. The molecule has 9 heteroatoms. The number of methoxy groups -OCH3 is 1. The van der Waals surface area contributed by atoms with Crippen molar-refractivity contribution in [2.24, 2.45) is 0 Å². The molecule has 0 radical (unpaired) electrons. The normalized spacial score (nSPS) is 9.65. The Balaban J connectivity index is 2.26. The summed E-state index contributed by atoms with van der Waals surface area (Å²) in [5.74, 6) is -2.55. The second kappa shape index (κ2) is 9.42. The highest BCUT2D eigenvalue weighted by Gasteiger charge is 2.11. The fourth-order valence-corrected chi connectivity index (χ4v) is 1.47. The number of carbonyl (C=O) groups is 4. The molecule has 1 rings (SSSR count). The minimum Gasteiger partial charge on any atom is -0.468 e. The summed E-state index contributed by atoms with van der Waals surface area (Å²) < 4.78 is 8.96. The van der Waals surface area contributed by atoms with Gasteiger partial charge in [0.15, 0.2) is 6.61 Å². The third kappa shape index (κ3) is 7.28. The third-order valence-electron chi connectivity index (χ3n) is 2.52. The van der Waals surface area contributed by atoms with E-state index in [1.54, 1.807) is 12.1 Å². The molecule has 0 atom stereocenters. The highest BCUT2D eigenvalue weighted by molar-refractivity contribution is 6.30. The predicted octanol–water partition coefficient (Wildman–Crippen LogP) is -0.0978. The molecule has 8 nitrogen and oxygen atoms in total. The average Bonchev–Trinajstić information content (AvgIpc) is 2.56. The Morgan fingerprint density at radius 3 is 2.22 bits per heavy atom. The zero-order valence-corrected chi connectivity index (χ0v) is 13.0. The smallest absolute Gasteiger partial charge is 0.325 e. The maximum atomic E-state index is 11.7. The maximum absolute atomic E-state index is 11.7. The molecular formula is C14H15ClN2O6. The van der Waals surface area contributed by atoms with Crippen LogP contribution in [0.15, 0.2) is 24.3 Å². The number of amides is 2. The lowest BCUT2D eigenvalue weighted by molar-refractivity contribution is -0.148. The van der Waals surface area contributed by atoms with Gasteiger partial charge in [-0.3, -0.25) is 19.2 Å². The first-order valence-corrected chi connectivity index (χ1v) is 6.83. The lowest BCUT2D eigenvalue weighted by Crippen LogP contribution is -2.36. The van der Waals surface area contributed by atoms with Crippen LogP contribution in [0.4, 0.5) is 0 Å². The lowest BCUT2D eigenvalue weighted by atomic mass is 10.2. The summed E-state index contributed by atoms with van der Waals surface area (Å²) in [6, 6.07) is 6.09. The molecular weight excluding hydrogens is 328 g/mol. The molecule has 2 amide bonds. The second-order valence-corrected chi connectivity index (χ2v) is 4.64. The zero-order chi connectivity index (χ0) is 17.2. The van der Waals surface area contributed by atoms with Crippen molar-refractivity contribution in [3.63, 3.8) is 0 Å². The zero-order valence-electron chi connectivity index (χ0n) is 12.3. The van der Waals surface area contributed by atoms with Gasteiger partial charge < -0.3 is 20.1 Å². The van der Waals surface area contributed by atoms with Crippen molar-refractivity contribution < 1.29 is 28.7 Å². The first-order chi connectivity index (χ1) is 10.9. The molecule has 124 valence electrons. The van der Waals surface area contributed by atoms with Crippen LogP contribution in [0.2, 0.25) is 5.02 Å². The molecule has 0 fully saturated rings. The van der Waals surface area contributed by atoms with E-state index in [4.69, 9.17) is 11.6 Å². The van der Waals surface area contributed by atoms with E-state index in [1.807, 2.05) is 0 Å². The molecule has 0 aliphatic heterocycles. The quantitative estimate of drug-likeness (QED) is 0.670. The van der Waals surface area contributed by atoms with Crippen molar-refractivity contribution in [1.82, 2.24) is 10.6 Å². The van der Waals surface area contributed by atoms with Gasteiger partial charge in [-0.15, -0.1) is 0 Å². The summed E-state index contributed by atoms with van der Waals surface area (Å²) >= 11 is 5.70. The van der Waals surface area contributed by atoms with Crippen LogP contribution in [0.3, 0.4) is 0 Å². The van der Waals surface area contributed by atoms with Crippen molar-refractivity contribution in [3.8, 4) is 0 Å². The maximum Gasteiger partial charge on any atom is 0.325 e. The number of hydrogen-bond acceptors (Lipinski definition) is 6. The largest absolute Gasteiger partial charge is 0.468 e. The van der Waals surface area contributed by atoms with Gasteiger partial charge in [0.1, 0.15) is 13.1 Å². The van der Waals surface area contributed by atoms with Crippen molar-refractivity contribution in [2.75, 3.05) is 26.8 Å². The van der Waals surface area contributed by atoms with Gasteiger partial charge in [-0.25, -0.2) is 0 Å². The Hall–Kier alpha value is -2.61. The van der Waals surface area contributed by atoms with Gasteiger partial charge in [-0.05, 0) is 24.3 Å². The fraction of sp³-hybridized carbons (Fsp3) is 0.286. The van der Waals surface area contributed by atoms with Crippen LogP contribution in [0, 0.1) is 0 Å². The monoisotopic (exact) mass is 342 g/mol. The molecule has 1 aromatic rings. The minimum atomic E-state index is -0.791. The second-order valence-electron chi connectivity index (χ2n) is 4.20. The van der Waals surface area contributed by atoms with Gasteiger partial charge >= 0.3 is 11.9 Å². The minimum absolute atomic E-state index is 0.319. The van der Waals surface area contributed by atoms with Gasteiger partial charge in [-0.1, -0.05) is 11.6 Å². The Labute approximate surface area is 137 Å². The fourth-order valence-electron chi connectivity index (χ4n) is 1.35. The topological polar surface area (TPSA) is 111 Å². The standard InChI is InChI=1S/C14H15ClN2O6/c1-22-12(19)6-16-11(18)8-23-13(20)7-17-14(21)9-2-4-10(15)5-3-9/h2-5H,6-8H2,1H3,(H,16,18)(H,17,21). The third-order valence-corrected chi connectivity index (χ3v) is 2.77. The number of rotatable bonds is 7. The SMILES string of the molecule is COC(=O)CNC(=O)COC(=O)CNC(=O)c1ccc(Cl)cc1. The predicted molar refractivity (Wildman–Crippen MR) is 79.8 cm³/mol. The molecule has 0 aliphatic carbocycles. The molecule has 2 N–H and O–H groups in total. The first-order valence-electron chi connectivity index (χ1n) is 6.45. The highest BCUT2D eigenvalue weighted by Crippen LogP contribution is 2.09. The van der Waals surface area contributed by atoms with Crippen molar-refractivity contribution in [1.29, 1.82) is 0 Å². The number of carbonyl (C=O) groups excluding carboxylic acids is 4. The highest BCUT2D eigenvalue weighted by atomic mass is 35.5. The molecule has 0 spiro atoms. The van der Waals surface area contributed by atoms with Crippen LogP contribution in [0.5, 0.6) is 0 Å². The van der Waals surface area contributed by atoms with Crippen LogP contribution < -0.4 is 10.6 Å². The number of hydrogen-bond donors (Lipinski definition) is 2. The van der Waals surface area contributed by atoms with Gasteiger partial charge in [0.2, 0.25) is 0 Å². The van der Waals surface area contributed by atoms with E-state index in [-0.39, 0.29) is 6.54 Å². The van der Waals surface area contributed by atoms with Crippen LogP contribution in [0.25, 0.3) is 0 Å². The van der Waals surface area contributed by atoms with Crippen molar-refractivity contribution in [2.45, 2.75) is 0 Å². The van der Waals surface area contributed by atoms with Crippen LogP contribution in [-0.4, -0.2) is 50.6 Å². The van der Waals surface area contributed by atoms with Gasteiger partial charge in [0, 0.05) is 10.6 Å². The van der Waals surface area contributed by atoms with Crippen molar-refractivity contribution in [3.05, 3.63) is 34.9 Å². The first kappa shape index (κ1) is 18.4. The van der Waals surface area contributed by atoms with E-state index in [9.17, 15) is 19.2 Å². The molecule has 0 unspecified atom stereocenters. The number of ether oxygens (including phenoxy) is 2. The van der Waals surface area contributed by atoms with E-state index in [2.05, 4.69) is 20.1 Å². The van der Waals surface area contributed by atoms with Gasteiger partial charge in [0.25, 0.3) is 11.8 Å². The Morgan fingerprint density at radius 1 is 1.00 bits per heavy atom. The van der Waals surface area contributed by atoms with E-state index < -0.39 is 36.9 Å². The molecule has 0 aromatic heterocycles. The molecule has 0 heterocycles. The van der Waals surface area contributed by atoms with Crippen LogP contribution in [-0.2, 0) is 23.9 Å². The molecule has 0 bridgehead atoms. The van der Waals surface area contributed by atoms with E-state index in [1.165, 1.54) is 19.2 Å². The molecule has 0 aliphatic rings. The van der Waals surface area contributed by atoms with Crippen molar-refractivity contribution >= 4 is 35.4 Å². The number of halogens is 1. The Kier molecular flexibility index (Phi) is 7.55. The van der Waals surface area contributed by atoms with Crippen LogP contribution >= 0.6 is 11.6 Å². The molecule has 0 saturated heterocycles. The summed E-state index contributed by atoms with van der Waals surface area (Å²) in [5.41, 5.74) is 0.332. The van der Waals surface area contributed by atoms with Crippen LogP contribution in [0.1, 0.15) is 10.4 Å². The Morgan fingerprint density at radius 2 is 1.61 bits per heavy atom. The van der Waals surface area contributed by atoms with Gasteiger partial charge in [-0.2, -0.15) is 0 Å². The summed E-state index contributed by atoms with van der Waals surface area (Å²) in [4.78, 5) is 45.2. The molecule has 1 aromatic carbocycles. The van der Waals surface area contributed by atoms with E-state index in [0.29, 0.717) is 10.6 Å². The molecule has 0 saturated carbocycles. The molecule has 23 heavy (non-hydrogen) atoms. The summed E-state index contributed by atoms with van der Waals surface area (Å²) in [5, 5.41) is 5.02. The van der Waals surface area contributed by atoms with Gasteiger partial charge in [0.05, 0.1) is 7.11 Å². The summed E-state index contributed by atoms with van der Waals surface area (Å²) in [7, 11) is 1.18. The van der Waals surface area contributed by atoms with E-state index in [0.717, 1.165) is 0 Å². The number of nitrogens with one attached hydrogen (secondary N) is 2. The van der Waals surface area contributed by atoms with E-state index >= 15 is 0 Å².